The average Bonchev–Trinajstić information content (AvgIpc) is 3.35. The van der Waals surface area contributed by atoms with Crippen molar-refractivity contribution in [2.45, 2.75) is 229 Å². The van der Waals surface area contributed by atoms with Gasteiger partial charge in [0.05, 0.1) is 37.4 Å². The zero-order chi connectivity index (χ0) is 52.1. The van der Waals surface area contributed by atoms with E-state index >= 15 is 0 Å². The first-order valence-electron chi connectivity index (χ1n) is 26.4. The summed E-state index contributed by atoms with van der Waals surface area (Å²) in [5.74, 6) is 0.300. The van der Waals surface area contributed by atoms with E-state index in [1.165, 1.54) is 12.5 Å². The van der Waals surface area contributed by atoms with Gasteiger partial charge in [0.2, 0.25) is 6.29 Å². The molecule has 0 aromatic heterocycles. The van der Waals surface area contributed by atoms with Crippen molar-refractivity contribution < 1.29 is 104 Å². The molecule has 5 aliphatic carbocycles. The van der Waals surface area contributed by atoms with Crippen LogP contribution in [-0.2, 0) is 42.7 Å². The number of allylic oxidation sites excluding steroid dienone is 2. The molecular weight excluding hydrogens is 949 g/mol. The normalized spacial score (nSPS) is 54.5. The van der Waals surface area contributed by atoms with Gasteiger partial charge in [0, 0.05) is 0 Å². The summed E-state index contributed by atoms with van der Waals surface area (Å²) in [5.41, 5.74) is -0.442. The first kappa shape index (κ1) is 55.2. The van der Waals surface area contributed by atoms with Crippen LogP contribution in [0.1, 0.15) is 106 Å². The lowest BCUT2D eigenvalue weighted by molar-refractivity contribution is -0.388. The molecule has 5 unspecified atom stereocenters. The highest BCUT2D eigenvalue weighted by molar-refractivity contribution is 5.79. The van der Waals surface area contributed by atoms with Gasteiger partial charge in [0.1, 0.15) is 85.5 Å². The Morgan fingerprint density at radius 1 is 0.625 bits per heavy atom. The number of aliphatic hydroxyl groups excluding tert-OH is 12. The summed E-state index contributed by atoms with van der Waals surface area (Å²) in [6.45, 7) is 11.1. The summed E-state index contributed by atoms with van der Waals surface area (Å²) in [5, 5.41) is 127. The van der Waals surface area contributed by atoms with Gasteiger partial charge in [0.15, 0.2) is 18.9 Å². The standard InChI is InChI=1S/C51H82O21/c1-21-8-7-14-51(47(64)72-45-40(63)37(60)34(57)28(19-53)68-45)17-16-49(5)23-11-12-29-48(3,4)30(13-15-50(29,6)24(23)9-10-25(49)31(21)51)69-46-42(71-43-38(61)35(58)32(55)22(2)66-43)41(26(54)20-65-46)70-44-39(62)36(59)33(56)27(18-52)67-44/h10,21-24,26-46,52-63H,7-9,11-20H2,1-6H3/t21-,22+,23?,24?,26-,27+,28+,29?,30?,31?,32-,33+,34+,35+,36-,37-,38+,39+,40+,41+,42+,43-,44-,45-,46-,49-,50+,51-/m0/s1. The smallest absolute Gasteiger partial charge is 0.315 e. The Morgan fingerprint density at radius 2 is 1.22 bits per heavy atom. The molecular formula is C51H82O21. The molecule has 72 heavy (non-hydrogen) atoms. The van der Waals surface area contributed by atoms with Crippen molar-refractivity contribution in [3.63, 3.8) is 0 Å². The predicted octanol–water partition coefficient (Wildman–Crippen LogP) is -1.15. The molecule has 28 atom stereocenters. The second-order valence-corrected chi connectivity index (χ2v) is 24.1. The predicted molar refractivity (Wildman–Crippen MR) is 246 cm³/mol. The second-order valence-electron chi connectivity index (χ2n) is 24.1. The van der Waals surface area contributed by atoms with Crippen molar-refractivity contribution in [2.75, 3.05) is 19.8 Å². The number of rotatable bonds is 10. The minimum absolute atomic E-state index is 0.121. The number of carbonyl (C=O) groups excluding carboxylic acids is 1. The largest absolute Gasteiger partial charge is 0.432 e. The average molecular weight is 1030 g/mol. The molecule has 21 heteroatoms. The monoisotopic (exact) mass is 1030 g/mol. The molecule has 4 aliphatic heterocycles. The highest BCUT2D eigenvalue weighted by Crippen LogP contribution is 2.72. The fraction of sp³-hybridized carbons (Fsp3) is 0.941. The summed E-state index contributed by atoms with van der Waals surface area (Å²) in [4.78, 5) is 14.6. The van der Waals surface area contributed by atoms with Gasteiger partial charge in [-0.15, -0.1) is 0 Å². The molecule has 9 aliphatic rings. The minimum atomic E-state index is -1.83. The van der Waals surface area contributed by atoms with Crippen molar-refractivity contribution in [3.05, 3.63) is 11.6 Å². The van der Waals surface area contributed by atoms with E-state index in [2.05, 4.69) is 40.7 Å². The molecule has 4 saturated heterocycles. The maximum atomic E-state index is 14.6. The number of aliphatic hydroxyl groups is 12. The highest BCUT2D eigenvalue weighted by Gasteiger charge is 2.67. The Bertz CT molecular complexity index is 1940. The van der Waals surface area contributed by atoms with E-state index in [9.17, 15) is 66.1 Å². The van der Waals surface area contributed by atoms with Crippen LogP contribution in [0.4, 0.5) is 0 Å². The Kier molecular flexibility index (Phi) is 15.9. The number of hydrogen-bond donors (Lipinski definition) is 12. The minimum Gasteiger partial charge on any atom is -0.432 e. The van der Waals surface area contributed by atoms with Gasteiger partial charge in [0.25, 0.3) is 0 Å². The summed E-state index contributed by atoms with van der Waals surface area (Å²) in [6, 6.07) is 0. The van der Waals surface area contributed by atoms with Gasteiger partial charge in [-0.1, -0.05) is 59.1 Å². The van der Waals surface area contributed by atoms with Crippen LogP contribution in [0.3, 0.4) is 0 Å². The van der Waals surface area contributed by atoms with Crippen LogP contribution in [0.25, 0.3) is 0 Å². The number of ether oxygens (including phenoxy) is 8. The number of hydrogen-bond acceptors (Lipinski definition) is 21. The maximum absolute atomic E-state index is 14.6. The van der Waals surface area contributed by atoms with Crippen molar-refractivity contribution >= 4 is 5.97 Å². The molecule has 412 valence electrons. The number of carbonyl (C=O) groups is 1. The molecule has 0 radical (unpaired) electrons. The van der Waals surface area contributed by atoms with E-state index in [0.29, 0.717) is 31.1 Å². The van der Waals surface area contributed by atoms with Gasteiger partial charge >= 0.3 is 5.97 Å². The summed E-state index contributed by atoms with van der Waals surface area (Å²) in [6.07, 6.45) is -19.4. The molecule has 21 nitrogen and oxygen atoms in total. The third kappa shape index (κ3) is 9.05. The molecule has 9 rings (SSSR count). The lowest BCUT2D eigenvalue weighted by Gasteiger charge is -2.67. The van der Waals surface area contributed by atoms with Crippen molar-refractivity contribution in [2.24, 2.45) is 51.2 Å². The van der Waals surface area contributed by atoms with Crippen LogP contribution >= 0.6 is 0 Å². The molecule has 12 N–H and O–H groups in total. The van der Waals surface area contributed by atoms with Crippen molar-refractivity contribution in [1.82, 2.24) is 0 Å². The van der Waals surface area contributed by atoms with Crippen LogP contribution in [0.2, 0.25) is 0 Å². The van der Waals surface area contributed by atoms with Crippen LogP contribution < -0.4 is 0 Å². The van der Waals surface area contributed by atoms with E-state index < -0.39 is 153 Å². The van der Waals surface area contributed by atoms with Gasteiger partial charge in [-0.25, -0.2) is 0 Å². The van der Waals surface area contributed by atoms with E-state index in [4.69, 9.17) is 37.9 Å². The third-order valence-corrected chi connectivity index (χ3v) is 19.9. The zero-order valence-electron chi connectivity index (χ0n) is 42.2. The van der Waals surface area contributed by atoms with Gasteiger partial charge < -0.3 is 99.2 Å². The molecule has 8 fully saturated rings. The number of esters is 1. The Morgan fingerprint density at radius 3 is 1.88 bits per heavy atom. The third-order valence-electron chi connectivity index (χ3n) is 19.9. The molecule has 0 amide bonds. The van der Waals surface area contributed by atoms with Crippen molar-refractivity contribution in [1.29, 1.82) is 0 Å². The van der Waals surface area contributed by atoms with E-state index in [1.807, 2.05) is 0 Å². The second kappa shape index (κ2) is 20.7. The fourth-order valence-electron chi connectivity index (χ4n) is 15.8. The molecule has 4 heterocycles. The fourth-order valence-corrected chi connectivity index (χ4v) is 15.8. The summed E-state index contributed by atoms with van der Waals surface area (Å²) < 4.78 is 48.8. The Labute approximate surface area is 420 Å². The SMILES string of the molecule is C[C@H]1CCC[C@]2(C(=O)O[C@@H]3O[C@H](CO)[C@@H](O)[C@H](O)[C@H]3O)CC[C@]3(C)C(=CCC4C3CCC3C(C)(C)C(O[C@@H]5OC[C@H](O)[C@@H](O[C@@H]6O[C@H](CO)[C@@H](O)[C@H](O)[C@H]6O)[C@H]5O[C@@H]5O[C@H](C)[C@H](O)[C@@H](O)[C@H]5O)CC[C@]43C)C12. The van der Waals surface area contributed by atoms with E-state index in [-0.39, 0.29) is 35.2 Å². The van der Waals surface area contributed by atoms with Crippen LogP contribution in [0.5, 0.6) is 0 Å². The lowest BCUT2D eigenvalue weighted by atomic mass is 9.38. The Hall–Kier alpha value is -1.55. The molecule has 0 spiro atoms. The quantitative estimate of drug-likeness (QED) is 0.0698. The van der Waals surface area contributed by atoms with Crippen LogP contribution in [-0.4, -0.2) is 210 Å². The maximum Gasteiger partial charge on any atom is 0.315 e. The van der Waals surface area contributed by atoms with Gasteiger partial charge in [-0.2, -0.15) is 0 Å². The first-order chi connectivity index (χ1) is 33.9. The molecule has 0 bridgehead atoms. The van der Waals surface area contributed by atoms with Crippen LogP contribution in [0.15, 0.2) is 11.6 Å². The molecule has 0 aromatic rings. The van der Waals surface area contributed by atoms with Gasteiger partial charge in [-0.3, -0.25) is 4.79 Å². The van der Waals surface area contributed by atoms with Gasteiger partial charge in [-0.05, 0) is 104 Å². The Balaban J connectivity index is 0.952. The molecule has 4 saturated carbocycles. The zero-order valence-corrected chi connectivity index (χ0v) is 42.2. The van der Waals surface area contributed by atoms with E-state index in [0.717, 1.165) is 44.9 Å². The van der Waals surface area contributed by atoms with Crippen molar-refractivity contribution in [3.8, 4) is 0 Å². The first-order valence-corrected chi connectivity index (χ1v) is 26.4. The summed E-state index contributed by atoms with van der Waals surface area (Å²) >= 11 is 0. The highest BCUT2D eigenvalue weighted by atomic mass is 16.8. The lowest BCUT2D eigenvalue weighted by Crippen LogP contribution is -2.66. The number of fused-ring (bicyclic) bond motifs is 7. The van der Waals surface area contributed by atoms with E-state index in [1.54, 1.807) is 0 Å². The topological polar surface area (TPSA) is 334 Å². The van der Waals surface area contributed by atoms with Crippen LogP contribution in [0, 0.1) is 51.2 Å². The molecule has 0 aromatic carbocycles. The summed E-state index contributed by atoms with van der Waals surface area (Å²) in [7, 11) is 0.